The standard InChI is InChI=1S/C28H31N5O2/c1-17-7-9-22(10-8-17)15-33-27-24(14-29-33)23(13-21(5)30-27)28(35)32(6)16-25(34)31-26-19(3)11-18(2)12-20(26)4/h7-14H,15-16H2,1-6H3,(H,31,34). The lowest BCUT2D eigenvalue weighted by atomic mass is 10.1. The summed E-state index contributed by atoms with van der Waals surface area (Å²) in [5.41, 5.74) is 8.09. The predicted molar refractivity (Wildman–Crippen MR) is 139 cm³/mol. The van der Waals surface area contributed by atoms with Crippen LogP contribution in [0.5, 0.6) is 0 Å². The summed E-state index contributed by atoms with van der Waals surface area (Å²) in [5.74, 6) is -0.490. The van der Waals surface area contributed by atoms with Crippen LogP contribution in [0.3, 0.4) is 0 Å². The number of nitrogens with zero attached hydrogens (tertiary/aromatic N) is 4. The minimum Gasteiger partial charge on any atom is -0.332 e. The van der Waals surface area contributed by atoms with Crippen molar-refractivity contribution in [3.05, 3.63) is 87.7 Å². The summed E-state index contributed by atoms with van der Waals surface area (Å²) in [4.78, 5) is 32.2. The molecule has 0 atom stereocenters. The Bertz CT molecular complexity index is 1400. The molecule has 0 aliphatic carbocycles. The molecule has 35 heavy (non-hydrogen) atoms. The second kappa shape index (κ2) is 9.70. The highest BCUT2D eigenvalue weighted by Crippen LogP contribution is 2.23. The minimum atomic E-state index is -0.247. The number of rotatable bonds is 6. The molecule has 180 valence electrons. The van der Waals surface area contributed by atoms with Crippen LogP contribution >= 0.6 is 0 Å². The molecule has 0 saturated heterocycles. The van der Waals surface area contributed by atoms with Gasteiger partial charge in [-0.15, -0.1) is 0 Å². The van der Waals surface area contributed by atoms with Crippen LogP contribution in [0.15, 0.2) is 48.7 Å². The lowest BCUT2D eigenvalue weighted by molar-refractivity contribution is -0.116. The zero-order valence-corrected chi connectivity index (χ0v) is 21.1. The zero-order chi connectivity index (χ0) is 25.3. The van der Waals surface area contributed by atoms with Gasteiger partial charge in [0.2, 0.25) is 5.91 Å². The summed E-state index contributed by atoms with van der Waals surface area (Å²) >= 11 is 0. The fourth-order valence-corrected chi connectivity index (χ4v) is 4.38. The summed E-state index contributed by atoms with van der Waals surface area (Å²) < 4.78 is 1.80. The van der Waals surface area contributed by atoms with Crippen molar-refractivity contribution in [1.29, 1.82) is 0 Å². The molecule has 0 aliphatic rings. The van der Waals surface area contributed by atoms with Gasteiger partial charge in [0.05, 0.1) is 30.2 Å². The predicted octanol–water partition coefficient (Wildman–Crippen LogP) is 4.73. The lowest BCUT2D eigenvalue weighted by Gasteiger charge is -2.19. The second-order valence-electron chi connectivity index (χ2n) is 9.32. The van der Waals surface area contributed by atoms with Crippen molar-refractivity contribution in [2.75, 3.05) is 18.9 Å². The molecule has 2 amide bonds. The molecule has 7 nitrogen and oxygen atoms in total. The largest absolute Gasteiger partial charge is 0.332 e. The fourth-order valence-electron chi connectivity index (χ4n) is 4.38. The van der Waals surface area contributed by atoms with E-state index in [1.807, 2.05) is 39.8 Å². The van der Waals surface area contributed by atoms with Gasteiger partial charge >= 0.3 is 0 Å². The smallest absolute Gasteiger partial charge is 0.254 e. The van der Waals surface area contributed by atoms with Crippen molar-refractivity contribution >= 4 is 28.5 Å². The first kappa shape index (κ1) is 24.1. The Morgan fingerprint density at radius 1 is 0.943 bits per heavy atom. The third-order valence-corrected chi connectivity index (χ3v) is 6.09. The average molecular weight is 470 g/mol. The molecule has 1 N–H and O–H groups in total. The number of aromatic nitrogens is 3. The van der Waals surface area contributed by atoms with Crippen LogP contribution < -0.4 is 5.32 Å². The van der Waals surface area contributed by atoms with Crippen LogP contribution in [0.4, 0.5) is 5.69 Å². The highest BCUT2D eigenvalue weighted by atomic mass is 16.2. The van der Waals surface area contributed by atoms with Gasteiger partial charge in [0, 0.05) is 18.4 Å². The Hall–Kier alpha value is -4.00. The number of pyridine rings is 1. The second-order valence-corrected chi connectivity index (χ2v) is 9.32. The van der Waals surface area contributed by atoms with Crippen molar-refractivity contribution in [3.63, 3.8) is 0 Å². The van der Waals surface area contributed by atoms with Crippen LogP contribution in [0.2, 0.25) is 0 Å². The van der Waals surface area contributed by atoms with E-state index in [4.69, 9.17) is 0 Å². The molecule has 4 rings (SSSR count). The lowest BCUT2D eigenvalue weighted by Crippen LogP contribution is -2.35. The maximum absolute atomic E-state index is 13.4. The van der Waals surface area contributed by atoms with Crippen LogP contribution in [0.1, 0.15) is 43.9 Å². The summed E-state index contributed by atoms with van der Waals surface area (Å²) in [6, 6.07) is 14.1. The molecule has 7 heteroatoms. The first-order valence-electron chi connectivity index (χ1n) is 11.6. The van der Waals surface area contributed by atoms with Gasteiger partial charge in [-0.25, -0.2) is 9.67 Å². The number of benzene rings is 2. The Balaban J connectivity index is 1.54. The van der Waals surface area contributed by atoms with E-state index in [2.05, 4.69) is 46.6 Å². The molecule has 4 aromatic rings. The van der Waals surface area contributed by atoms with Gasteiger partial charge in [0.1, 0.15) is 0 Å². The van der Waals surface area contributed by atoms with Gasteiger partial charge < -0.3 is 10.2 Å². The van der Waals surface area contributed by atoms with Crippen molar-refractivity contribution in [1.82, 2.24) is 19.7 Å². The SMILES string of the molecule is Cc1ccc(Cn2ncc3c(C(=O)N(C)CC(=O)Nc4c(C)cc(C)cc4C)cc(C)nc32)cc1. The molecule has 2 heterocycles. The third-order valence-electron chi connectivity index (χ3n) is 6.09. The number of hydrogen-bond donors (Lipinski definition) is 1. The van der Waals surface area contributed by atoms with Crippen molar-refractivity contribution in [2.24, 2.45) is 0 Å². The van der Waals surface area contributed by atoms with E-state index in [0.717, 1.165) is 33.6 Å². The van der Waals surface area contributed by atoms with E-state index in [9.17, 15) is 9.59 Å². The Morgan fingerprint density at radius 3 is 2.26 bits per heavy atom. The highest BCUT2D eigenvalue weighted by Gasteiger charge is 2.21. The van der Waals surface area contributed by atoms with Crippen LogP contribution in [0, 0.1) is 34.6 Å². The van der Waals surface area contributed by atoms with Crippen molar-refractivity contribution in [2.45, 2.75) is 41.2 Å². The van der Waals surface area contributed by atoms with Gasteiger partial charge in [-0.3, -0.25) is 9.59 Å². The van der Waals surface area contributed by atoms with E-state index in [1.165, 1.54) is 10.5 Å². The summed E-state index contributed by atoms with van der Waals surface area (Å²) in [7, 11) is 1.63. The molecule has 2 aromatic carbocycles. The molecule has 0 fully saturated rings. The van der Waals surface area contributed by atoms with Gasteiger partial charge in [-0.1, -0.05) is 47.5 Å². The van der Waals surface area contributed by atoms with Gasteiger partial charge in [0.25, 0.3) is 5.91 Å². The molecule has 2 aromatic heterocycles. The number of amides is 2. The number of likely N-dealkylation sites (N-methyl/N-ethyl adjacent to an activating group) is 1. The van der Waals surface area contributed by atoms with E-state index >= 15 is 0 Å². The molecule has 0 saturated carbocycles. The van der Waals surface area contributed by atoms with Crippen molar-refractivity contribution < 1.29 is 9.59 Å². The zero-order valence-electron chi connectivity index (χ0n) is 21.1. The van der Waals surface area contributed by atoms with Crippen LogP contribution in [-0.4, -0.2) is 45.1 Å². The molecular weight excluding hydrogens is 438 g/mol. The highest BCUT2D eigenvalue weighted by molar-refractivity contribution is 6.07. The molecule has 0 unspecified atom stereocenters. The quantitative estimate of drug-likeness (QED) is 0.443. The topological polar surface area (TPSA) is 80.1 Å². The summed E-state index contributed by atoms with van der Waals surface area (Å²) in [5, 5.41) is 8.14. The number of nitrogens with one attached hydrogen (secondary N) is 1. The molecule has 0 spiro atoms. The normalized spacial score (nSPS) is 11.0. The number of fused-ring (bicyclic) bond motifs is 1. The van der Waals surface area contributed by atoms with Crippen LogP contribution in [-0.2, 0) is 11.3 Å². The summed E-state index contributed by atoms with van der Waals surface area (Å²) in [6.07, 6.45) is 1.68. The van der Waals surface area contributed by atoms with Gasteiger partial charge in [-0.05, 0) is 57.4 Å². The Labute approximate surface area is 205 Å². The first-order chi connectivity index (χ1) is 16.6. The number of carbonyl (C=O) groups is 2. The van der Waals surface area contributed by atoms with Crippen molar-refractivity contribution in [3.8, 4) is 0 Å². The number of aryl methyl sites for hydroxylation is 5. The van der Waals surface area contributed by atoms with E-state index in [-0.39, 0.29) is 18.4 Å². The van der Waals surface area contributed by atoms with E-state index < -0.39 is 0 Å². The Kier molecular flexibility index (Phi) is 6.69. The first-order valence-corrected chi connectivity index (χ1v) is 11.6. The summed E-state index contributed by atoms with van der Waals surface area (Å²) in [6.45, 7) is 10.4. The van der Waals surface area contributed by atoms with E-state index in [0.29, 0.717) is 23.1 Å². The third kappa shape index (κ3) is 5.24. The van der Waals surface area contributed by atoms with Gasteiger partial charge in [-0.2, -0.15) is 5.10 Å². The molecular formula is C28H31N5O2. The maximum Gasteiger partial charge on any atom is 0.254 e. The number of hydrogen-bond acceptors (Lipinski definition) is 4. The number of anilines is 1. The average Bonchev–Trinajstić information content (AvgIpc) is 3.19. The maximum atomic E-state index is 13.4. The monoisotopic (exact) mass is 469 g/mol. The molecule has 0 radical (unpaired) electrons. The minimum absolute atomic E-state index is 0.0635. The number of carbonyl (C=O) groups excluding carboxylic acids is 2. The molecule has 0 aliphatic heterocycles. The van der Waals surface area contributed by atoms with Gasteiger partial charge in [0.15, 0.2) is 5.65 Å². The fraction of sp³-hybridized carbons (Fsp3) is 0.286. The Morgan fingerprint density at radius 2 is 1.60 bits per heavy atom. The molecule has 0 bridgehead atoms. The van der Waals surface area contributed by atoms with E-state index in [1.54, 1.807) is 24.0 Å². The van der Waals surface area contributed by atoms with Crippen LogP contribution in [0.25, 0.3) is 11.0 Å².